The standard InChI is InChI=1S/C22H29NO2S.C18H36N2O2/c1-3-13-23(14-12-19-8-6-15-26-19)18-10-11-20-17(16-18)7-5-9-21(20)25-22(24)4-2;1-2-3-4-10-13-16-20-18(22)15-12-9-7-5-6-8-11-14-17(19)21/h5-9,15,18H,3-4,10-14,16H2,1-2H3;2-16H2,1H3,(H2,19,21)(H,20,22)/t18-;/m1./s1. The van der Waals surface area contributed by atoms with Crippen molar-refractivity contribution in [3.8, 4) is 5.75 Å². The van der Waals surface area contributed by atoms with Gasteiger partial charge in [-0.15, -0.1) is 11.3 Å². The molecule has 0 bridgehead atoms. The maximum absolute atomic E-state index is 11.7. The number of carbonyl (C=O) groups is 3. The molecule has 0 spiro atoms. The first-order valence-corrected chi connectivity index (χ1v) is 19.9. The monoisotopic (exact) mass is 683 g/mol. The van der Waals surface area contributed by atoms with E-state index in [1.54, 1.807) is 0 Å². The van der Waals surface area contributed by atoms with Crippen molar-refractivity contribution in [2.24, 2.45) is 5.73 Å². The number of nitrogens with two attached hydrogens (primary N) is 1. The lowest BCUT2D eigenvalue weighted by molar-refractivity contribution is -0.134. The number of benzene rings is 1. The fourth-order valence-electron chi connectivity index (χ4n) is 6.34. The Bertz CT molecular complexity index is 1150. The Hall–Kier alpha value is -2.71. The van der Waals surface area contributed by atoms with E-state index in [-0.39, 0.29) is 17.8 Å². The van der Waals surface area contributed by atoms with Crippen LogP contribution in [0.15, 0.2) is 35.7 Å². The topological polar surface area (TPSA) is 102 Å². The second kappa shape index (κ2) is 26.2. The summed E-state index contributed by atoms with van der Waals surface area (Å²) in [5.41, 5.74) is 7.67. The Balaban J connectivity index is 0.000000340. The third-order valence-corrected chi connectivity index (χ3v) is 10.0. The van der Waals surface area contributed by atoms with Crippen LogP contribution in [0.2, 0.25) is 0 Å². The molecule has 48 heavy (non-hydrogen) atoms. The van der Waals surface area contributed by atoms with E-state index in [0.717, 1.165) is 89.6 Å². The maximum atomic E-state index is 11.7. The van der Waals surface area contributed by atoms with Gasteiger partial charge in [0, 0.05) is 43.3 Å². The summed E-state index contributed by atoms with van der Waals surface area (Å²) in [5, 5.41) is 5.17. The van der Waals surface area contributed by atoms with E-state index in [1.807, 2.05) is 30.4 Å². The van der Waals surface area contributed by atoms with Crippen molar-refractivity contribution in [1.82, 2.24) is 10.2 Å². The van der Waals surface area contributed by atoms with E-state index in [2.05, 4.69) is 47.6 Å². The Kier molecular flexibility index (Phi) is 22.6. The number of hydrogen-bond donors (Lipinski definition) is 2. The fraction of sp³-hybridized carbons (Fsp3) is 0.675. The molecule has 0 saturated heterocycles. The highest BCUT2D eigenvalue weighted by Gasteiger charge is 2.26. The molecule has 2 amide bonds. The van der Waals surface area contributed by atoms with E-state index in [0.29, 0.717) is 25.3 Å². The van der Waals surface area contributed by atoms with Crippen LogP contribution in [0.5, 0.6) is 5.75 Å². The molecular weight excluding hydrogens is 619 g/mol. The van der Waals surface area contributed by atoms with E-state index < -0.39 is 0 Å². The van der Waals surface area contributed by atoms with E-state index in [4.69, 9.17) is 10.5 Å². The largest absolute Gasteiger partial charge is 0.426 e. The van der Waals surface area contributed by atoms with Gasteiger partial charge in [0.25, 0.3) is 0 Å². The number of rotatable bonds is 24. The number of esters is 1. The third kappa shape index (κ3) is 18.2. The zero-order valence-electron chi connectivity index (χ0n) is 30.4. The molecule has 0 unspecified atom stereocenters. The molecule has 1 atom stereocenters. The number of unbranched alkanes of at least 4 members (excludes halogenated alkanes) is 10. The summed E-state index contributed by atoms with van der Waals surface area (Å²) in [4.78, 5) is 38.0. The van der Waals surface area contributed by atoms with Crippen LogP contribution in [0.1, 0.15) is 146 Å². The predicted octanol–water partition coefficient (Wildman–Crippen LogP) is 8.94. The molecule has 8 heteroatoms. The van der Waals surface area contributed by atoms with Crippen LogP contribution in [0.4, 0.5) is 0 Å². The molecule has 3 N–H and O–H groups in total. The van der Waals surface area contributed by atoms with Gasteiger partial charge in [-0.3, -0.25) is 19.3 Å². The molecule has 1 aromatic heterocycles. The number of thiophene rings is 1. The number of primary amides is 1. The molecule has 1 aliphatic carbocycles. The molecule has 3 rings (SSSR count). The average molecular weight is 684 g/mol. The van der Waals surface area contributed by atoms with Gasteiger partial charge in [0.1, 0.15) is 5.75 Å². The van der Waals surface area contributed by atoms with Gasteiger partial charge in [0.2, 0.25) is 11.8 Å². The van der Waals surface area contributed by atoms with Crippen LogP contribution in [0.25, 0.3) is 0 Å². The van der Waals surface area contributed by atoms with Gasteiger partial charge < -0.3 is 15.8 Å². The van der Waals surface area contributed by atoms with Gasteiger partial charge in [0.05, 0.1) is 0 Å². The lowest BCUT2D eigenvalue weighted by Gasteiger charge is -2.35. The first kappa shape index (κ1) is 41.5. The van der Waals surface area contributed by atoms with Crippen LogP contribution in [-0.2, 0) is 33.6 Å². The van der Waals surface area contributed by atoms with Crippen molar-refractivity contribution in [3.63, 3.8) is 0 Å². The summed E-state index contributed by atoms with van der Waals surface area (Å²) < 4.78 is 5.55. The fourth-order valence-corrected chi connectivity index (χ4v) is 7.04. The number of carbonyl (C=O) groups excluding carboxylic acids is 3. The zero-order chi connectivity index (χ0) is 34.8. The summed E-state index contributed by atoms with van der Waals surface area (Å²) in [7, 11) is 0. The lowest BCUT2D eigenvalue weighted by atomic mass is 9.86. The highest BCUT2D eigenvalue weighted by molar-refractivity contribution is 7.09. The van der Waals surface area contributed by atoms with Crippen LogP contribution in [0, 0.1) is 0 Å². The quantitative estimate of drug-likeness (QED) is 0.0654. The molecule has 1 aliphatic rings. The minimum Gasteiger partial charge on any atom is -0.426 e. The van der Waals surface area contributed by atoms with Gasteiger partial charge in [-0.25, -0.2) is 0 Å². The molecule has 2 aromatic rings. The molecule has 270 valence electrons. The van der Waals surface area contributed by atoms with Crippen molar-refractivity contribution in [2.45, 2.75) is 155 Å². The Morgan fingerprint density at radius 3 is 2.23 bits per heavy atom. The van der Waals surface area contributed by atoms with Crippen LogP contribution in [0.3, 0.4) is 0 Å². The Morgan fingerprint density at radius 1 is 0.854 bits per heavy atom. The van der Waals surface area contributed by atoms with Gasteiger partial charge in [0.15, 0.2) is 0 Å². The van der Waals surface area contributed by atoms with Crippen molar-refractivity contribution >= 4 is 29.1 Å². The summed E-state index contributed by atoms with van der Waals surface area (Å²) in [6.07, 6.45) is 20.9. The lowest BCUT2D eigenvalue weighted by Crippen LogP contribution is -2.41. The number of nitrogens with one attached hydrogen (secondary N) is 1. The first-order chi connectivity index (χ1) is 23.4. The number of ether oxygens (including phenoxy) is 1. The molecule has 1 aromatic carbocycles. The third-order valence-electron chi connectivity index (χ3n) is 9.11. The highest BCUT2D eigenvalue weighted by atomic mass is 32.1. The predicted molar refractivity (Wildman–Crippen MR) is 201 cm³/mol. The Labute approximate surface area is 295 Å². The van der Waals surface area contributed by atoms with E-state index >= 15 is 0 Å². The van der Waals surface area contributed by atoms with Crippen molar-refractivity contribution in [3.05, 3.63) is 51.7 Å². The van der Waals surface area contributed by atoms with Crippen molar-refractivity contribution in [2.75, 3.05) is 19.6 Å². The second-order valence-electron chi connectivity index (χ2n) is 13.2. The molecule has 7 nitrogen and oxygen atoms in total. The van der Waals surface area contributed by atoms with Crippen LogP contribution < -0.4 is 15.8 Å². The molecule has 0 fully saturated rings. The second-order valence-corrected chi connectivity index (χ2v) is 14.2. The van der Waals surface area contributed by atoms with Crippen LogP contribution in [-0.4, -0.2) is 48.4 Å². The van der Waals surface area contributed by atoms with Crippen molar-refractivity contribution in [1.29, 1.82) is 0 Å². The van der Waals surface area contributed by atoms with Crippen LogP contribution >= 0.6 is 11.3 Å². The zero-order valence-corrected chi connectivity index (χ0v) is 31.2. The number of hydrogen-bond acceptors (Lipinski definition) is 6. The minimum atomic E-state index is -0.198. The van der Waals surface area contributed by atoms with Gasteiger partial charge in [-0.05, 0) is 86.6 Å². The molecule has 0 radical (unpaired) electrons. The summed E-state index contributed by atoms with van der Waals surface area (Å²) in [5.74, 6) is 0.630. The highest BCUT2D eigenvalue weighted by Crippen LogP contribution is 2.32. The summed E-state index contributed by atoms with van der Waals surface area (Å²) in [6, 6.07) is 11.1. The number of fused-ring (bicyclic) bond motifs is 1. The SMILES string of the molecule is CCCCCCCNC(=O)CCCCCCCCCC(N)=O.CCCN(CCc1cccs1)[C@@H]1CCc2c(cccc2OC(=O)CC)C1. The first-order valence-electron chi connectivity index (χ1n) is 19.0. The normalized spacial score (nSPS) is 13.8. The van der Waals surface area contributed by atoms with Crippen molar-refractivity contribution < 1.29 is 19.1 Å². The van der Waals surface area contributed by atoms with E-state index in [1.165, 1.54) is 60.9 Å². The van der Waals surface area contributed by atoms with E-state index in [9.17, 15) is 14.4 Å². The van der Waals surface area contributed by atoms with Gasteiger partial charge in [-0.1, -0.05) is 96.8 Å². The van der Waals surface area contributed by atoms with Gasteiger partial charge >= 0.3 is 5.97 Å². The minimum absolute atomic E-state index is 0.149. The number of nitrogens with zero attached hydrogens (tertiary/aromatic N) is 1. The summed E-state index contributed by atoms with van der Waals surface area (Å²) >= 11 is 1.85. The molecule has 0 aliphatic heterocycles. The number of amides is 2. The molecule has 0 saturated carbocycles. The maximum Gasteiger partial charge on any atom is 0.310 e. The summed E-state index contributed by atoms with van der Waals surface area (Å²) in [6.45, 7) is 9.42. The molecular formula is C40H65N3O4S. The average Bonchev–Trinajstić information content (AvgIpc) is 3.61. The molecule has 1 heterocycles. The smallest absolute Gasteiger partial charge is 0.310 e. The Morgan fingerprint density at radius 2 is 1.56 bits per heavy atom. The van der Waals surface area contributed by atoms with Gasteiger partial charge in [-0.2, -0.15) is 0 Å².